The van der Waals surface area contributed by atoms with Crippen LogP contribution in [-0.4, -0.2) is 26.4 Å². The number of aromatic nitrogens is 4. The van der Waals surface area contributed by atoms with Crippen LogP contribution in [0.5, 0.6) is 5.75 Å². The summed E-state index contributed by atoms with van der Waals surface area (Å²) in [6.07, 6.45) is 2.71. The van der Waals surface area contributed by atoms with Crippen molar-refractivity contribution in [3.8, 4) is 17.2 Å². The van der Waals surface area contributed by atoms with Gasteiger partial charge in [-0.05, 0) is 11.6 Å². The van der Waals surface area contributed by atoms with Crippen LogP contribution in [0.25, 0.3) is 11.5 Å². The second-order valence-electron chi connectivity index (χ2n) is 5.23. The van der Waals surface area contributed by atoms with E-state index in [2.05, 4.69) is 25.2 Å². The van der Waals surface area contributed by atoms with Crippen molar-refractivity contribution in [3.05, 3.63) is 47.9 Å². The van der Waals surface area contributed by atoms with Crippen molar-refractivity contribution in [1.29, 1.82) is 0 Å². The first-order valence-electron chi connectivity index (χ1n) is 7.40. The molecule has 0 saturated heterocycles. The van der Waals surface area contributed by atoms with Gasteiger partial charge in [-0.15, -0.1) is 10.2 Å². The van der Waals surface area contributed by atoms with Crippen molar-refractivity contribution < 1.29 is 17.9 Å². The molecular weight excluding hydrogens is 332 g/mol. The minimum atomic E-state index is -2.81. The largest absolute Gasteiger partial charge is 0.486 e. The lowest BCUT2D eigenvalue weighted by atomic mass is 10.1. The first-order valence-corrected chi connectivity index (χ1v) is 7.40. The lowest BCUT2D eigenvalue weighted by Gasteiger charge is -2.06. The van der Waals surface area contributed by atoms with E-state index in [0.29, 0.717) is 17.1 Å². The summed E-state index contributed by atoms with van der Waals surface area (Å²) >= 11 is 0. The molecule has 0 N–H and O–H groups in total. The standard InChI is InChI=1S/C16H11F2N5O2/c17-14(18)16-23-22-15(25-16)10-6-20-13(21-7-10)8-24-11-2-1-9-3-4-19-12(9)5-11/h1-2,4-7,14H,3,8H2. The van der Waals surface area contributed by atoms with Crippen molar-refractivity contribution in [2.45, 2.75) is 19.5 Å². The van der Waals surface area contributed by atoms with Gasteiger partial charge in [0.05, 0.1) is 11.3 Å². The van der Waals surface area contributed by atoms with Gasteiger partial charge in [0.15, 0.2) is 5.82 Å². The highest BCUT2D eigenvalue weighted by molar-refractivity contribution is 5.76. The highest BCUT2D eigenvalue weighted by Gasteiger charge is 2.17. The third-order valence-corrected chi connectivity index (χ3v) is 3.55. The van der Waals surface area contributed by atoms with E-state index < -0.39 is 12.3 Å². The number of halogens is 2. The number of aliphatic imine (C=N–C) groups is 1. The normalized spacial score (nSPS) is 12.6. The van der Waals surface area contributed by atoms with Gasteiger partial charge in [-0.25, -0.2) is 9.97 Å². The van der Waals surface area contributed by atoms with Crippen LogP contribution >= 0.6 is 0 Å². The SMILES string of the molecule is FC(F)c1nnc(-c2cnc(COc3ccc4c(c3)N=CC4)nc2)o1. The van der Waals surface area contributed by atoms with E-state index in [4.69, 9.17) is 9.15 Å². The molecule has 1 aromatic carbocycles. The van der Waals surface area contributed by atoms with Gasteiger partial charge in [0.2, 0.25) is 0 Å². The number of hydrogen-bond acceptors (Lipinski definition) is 7. The lowest BCUT2D eigenvalue weighted by molar-refractivity contribution is 0.116. The van der Waals surface area contributed by atoms with E-state index in [-0.39, 0.29) is 12.5 Å². The quantitative estimate of drug-likeness (QED) is 0.706. The Hall–Kier alpha value is -3.23. The zero-order valence-corrected chi connectivity index (χ0v) is 12.8. The summed E-state index contributed by atoms with van der Waals surface area (Å²) < 4.78 is 35.4. The second kappa shape index (κ2) is 6.34. The van der Waals surface area contributed by atoms with Crippen molar-refractivity contribution in [2.75, 3.05) is 0 Å². The molecule has 9 heteroatoms. The van der Waals surface area contributed by atoms with Gasteiger partial charge in [0.1, 0.15) is 12.4 Å². The van der Waals surface area contributed by atoms with Gasteiger partial charge in [0, 0.05) is 31.1 Å². The summed E-state index contributed by atoms with van der Waals surface area (Å²) in [4.78, 5) is 12.5. The summed E-state index contributed by atoms with van der Waals surface area (Å²) in [7, 11) is 0. The smallest absolute Gasteiger partial charge is 0.314 e. The number of rotatable bonds is 5. The van der Waals surface area contributed by atoms with Crippen molar-refractivity contribution >= 4 is 11.9 Å². The minimum absolute atomic E-state index is 0.0562. The van der Waals surface area contributed by atoms with Crippen LogP contribution in [0.2, 0.25) is 0 Å². The first-order chi connectivity index (χ1) is 12.2. The first kappa shape index (κ1) is 15.3. The van der Waals surface area contributed by atoms with Crippen LogP contribution in [0.4, 0.5) is 14.5 Å². The average Bonchev–Trinajstić information content (AvgIpc) is 3.29. The fourth-order valence-electron chi connectivity index (χ4n) is 2.30. The summed E-state index contributed by atoms with van der Waals surface area (Å²) in [5.41, 5.74) is 2.42. The fourth-order valence-corrected chi connectivity index (χ4v) is 2.30. The molecule has 1 aliphatic rings. The average molecular weight is 343 g/mol. The zero-order chi connectivity index (χ0) is 17.2. The number of alkyl halides is 2. The third-order valence-electron chi connectivity index (χ3n) is 3.55. The molecule has 25 heavy (non-hydrogen) atoms. The monoisotopic (exact) mass is 343 g/mol. The fraction of sp³-hybridized carbons (Fsp3) is 0.188. The molecule has 0 atom stereocenters. The Morgan fingerprint density at radius 2 is 2.00 bits per heavy atom. The summed E-state index contributed by atoms with van der Waals surface area (Å²) in [6.45, 7) is 0.162. The van der Waals surface area contributed by atoms with E-state index in [1.807, 2.05) is 24.4 Å². The van der Waals surface area contributed by atoms with Crippen LogP contribution in [0.3, 0.4) is 0 Å². The van der Waals surface area contributed by atoms with Crippen LogP contribution in [0, 0.1) is 0 Å². The highest BCUT2D eigenvalue weighted by atomic mass is 19.3. The predicted octanol–water partition coefficient (Wildman–Crippen LogP) is 3.30. The second-order valence-corrected chi connectivity index (χ2v) is 5.23. The van der Waals surface area contributed by atoms with Crippen LogP contribution in [-0.2, 0) is 13.0 Å². The van der Waals surface area contributed by atoms with Gasteiger partial charge in [-0.2, -0.15) is 8.78 Å². The predicted molar refractivity (Wildman–Crippen MR) is 82.9 cm³/mol. The molecule has 0 fully saturated rings. The van der Waals surface area contributed by atoms with E-state index >= 15 is 0 Å². The van der Waals surface area contributed by atoms with Gasteiger partial charge in [0.25, 0.3) is 11.8 Å². The molecule has 0 radical (unpaired) electrons. The maximum absolute atomic E-state index is 12.5. The molecule has 0 bridgehead atoms. The van der Waals surface area contributed by atoms with Gasteiger partial charge >= 0.3 is 6.43 Å². The van der Waals surface area contributed by atoms with E-state index in [0.717, 1.165) is 17.7 Å². The van der Waals surface area contributed by atoms with E-state index in [1.165, 1.54) is 12.4 Å². The number of fused-ring (bicyclic) bond motifs is 1. The Bertz CT molecular complexity index is 925. The molecule has 0 saturated carbocycles. The molecule has 126 valence electrons. The lowest BCUT2D eigenvalue weighted by Crippen LogP contribution is -2.01. The molecule has 0 aliphatic carbocycles. The molecule has 3 aromatic rings. The van der Waals surface area contributed by atoms with Crippen LogP contribution in [0.1, 0.15) is 23.7 Å². The number of hydrogen-bond donors (Lipinski definition) is 0. The number of ether oxygens (including phenoxy) is 1. The zero-order valence-electron chi connectivity index (χ0n) is 12.8. The van der Waals surface area contributed by atoms with E-state index in [1.54, 1.807) is 0 Å². The Morgan fingerprint density at radius 1 is 1.16 bits per heavy atom. The number of nitrogens with zero attached hydrogens (tertiary/aromatic N) is 5. The summed E-state index contributed by atoms with van der Waals surface area (Å²) in [5, 5.41) is 6.80. The third kappa shape index (κ3) is 3.21. The molecule has 3 heterocycles. The number of benzene rings is 1. The Balaban J connectivity index is 1.42. The Morgan fingerprint density at radius 3 is 2.76 bits per heavy atom. The maximum atomic E-state index is 12.5. The van der Waals surface area contributed by atoms with Gasteiger partial charge in [-0.1, -0.05) is 6.07 Å². The minimum Gasteiger partial charge on any atom is -0.486 e. The van der Waals surface area contributed by atoms with Crippen molar-refractivity contribution in [1.82, 2.24) is 20.2 Å². The summed E-state index contributed by atoms with van der Waals surface area (Å²) in [5.74, 6) is 0.311. The highest BCUT2D eigenvalue weighted by Crippen LogP contribution is 2.29. The molecule has 0 unspecified atom stereocenters. The molecule has 0 spiro atoms. The molecular formula is C16H11F2N5O2. The topological polar surface area (TPSA) is 86.3 Å². The molecule has 7 nitrogen and oxygen atoms in total. The van der Waals surface area contributed by atoms with E-state index in [9.17, 15) is 8.78 Å². The van der Waals surface area contributed by atoms with Crippen LogP contribution < -0.4 is 4.74 Å². The van der Waals surface area contributed by atoms with Crippen molar-refractivity contribution in [3.63, 3.8) is 0 Å². The van der Waals surface area contributed by atoms with Crippen LogP contribution in [0.15, 0.2) is 40.0 Å². The molecule has 0 amide bonds. The Kier molecular flexibility index (Phi) is 3.88. The summed E-state index contributed by atoms with van der Waals surface area (Å²) in [6, 6.07) is 5.70. The molecule has 2 aromatic heterocycles. The maximum Gasteiger partial charge on any atom is 0.314 e. The van der Waals surface area contributed by atoms with Gasteiger partial charge < -0.3 is 9.15 Å². The Labute approximate surface area is 140 Å². The molecule has 1 aliphatic heterocycles. The van der Waals surface area contributed by atoms with Crippen molar-refractivity contribution in [2.24, 2.45) is 4.99 Å². The van der Waals surface area contributed by atoms with Gasteiger partial charge in [-0.3, -0.25) is 4.99 Å². The molecule has 4 rings (SSSR count).